The summed E-state index contributed by atoms with van der Waals surface area (Å²) in [6.45, 7) is 0.492. The highest BCUT2D eigenvalue weighted by Crippen LogP contribution is 2.50. The Hall–Kier alpha value is -3.17. The van der Waals surface area contributed by atoms with E-state index in [1.807, 2.05) is 0 Å². The topological polar surface area (TPSA) is 56.0 Å². The summed E-state index contributed by atoms with van der Waals surface area (Å²) in [4.78, 5) is 14.7. The van der Waals surface area contributed by atoms with E-state index in [9.17, 15) is 22.4 Å². The monoisotopic (exact) mass is 433 g/mol. The molecule has 1 aliphatic heterocycles. The first-order chi connectivity index (χ1) is 14.7. The Labute approximate surface area is 175 Å². The molecule has 0 unspecified atom stereocenters. The minimum absolute atomic E-state index is 0.168. The summed E-state index contributed by atoms with van der Waals surface area (Å²) in [5.74, 6) is -4.40. The van der Waals surface area contributed by atoms with Crippen molar-refractivity contribution in [1.29, 1.82) is 0 Å². The van der Waals surface area contributed by atoms with E-state index in [0.29, 0.717) is 37.2 Å². The highest BCUT2D eigenvalue weighted by Gasteiger charge is 2.50. The molecule has 1 fully saturated rings. The molecule has 10 heteroatoms. The smallest absolute Gasteiger partial charge is 0.257 e. The van der Waals surface area contributed by atoms with Gasteiger partial charge in [0.25, 0.3) is 5.91 Å². The second kappa shape index (κ2) is 6.66. The van der Waals surface area contributed by atoms with E-state index in [1.165, 1.54) is 15.6 Å². The number of nitrogens with zero attached hydrogens (tertiary/aromatic N) is 5. The van der Waals surface area contributed by atoms with Crippen LogP contribution in [0.25, 0.3) is 11.3 Å². The summed E-state index contributed by atoms with van der Waals surface area (Å²) in [6.07, 6.45) is 2.62. The van der Waals surface area contributed by atoms with Crippen LogP contribution in [-0.4, -0.2) is 36.9 Å². The molecule has 0 atom stereocenters. The van der Waals surface area contributed by atoms with Crippen LogP contribution >= 0.6 is 0 Å². The lowest BCUT2D eigenvalue weighted by molar-refractivity contribution is 0.0728. The molecule has 0 radical (unpaired) electrons. The molecule has 2 aliphatic rings. The van der Waals surface area contributed by atoms with E-state index < -0.39 is 23.1 Å². The standard InChI is InChI=1S/C21H19F4N5O/c1-28-9-13(19(27-28)21(25)4-5-21)20(31)30-6-3-12-16(10-30)26-29(2)18(12)11-7-14(22)17(24)15(23)8-11/h7-9H,3-6,10H2,1-2H3. The summed E-state index contributed by atoms with van der Waals surface area (Å²) in [5, 5.41) is 8.57. The largest absolute Gasteiger partial charge is 0.332 e. The lowest BCUT2D eigenvalue weighted by Crippen LogP contribution is -2.36. The molecular weight excluding hydrogens is 414 g/mol. The molecule has 162 valence electrons. The lowest BCUT2D eigenvalue weighted by Gasteiger charge is -2.26. The number of rotatable bonds is 3. The summed E-state index contributed by atoms with van der Waals surface area (Å²) < 4.78 is 58.5. The predicted molar refractivity (Wildman–Crippen MR) is 102 cm³/mol. The molecule has 1 aliphatic carbocycles. The van der Waals surface area contributed by atoms with Gasteiger partial charge < -0.3 is 4.90 Å². The fourth-order valence-electron chi connectivity index (χ4n) is 4.24. The normalized spacial score (nSPS) is 17.0. The van der Waals surface area contributed by atoms with E-state index in [1.54, 1.807) is 19.0 Å². The van der Waals surface area contributed by atoms with Crippen molar-refractivity contribution in [3.63, 3.8) is 0 Å². The molecule has 2 aromatic heterocycles. The van der Waals surface area contributed by atoms with Gasteiger partial charge in [0.15, 0.2) is 23.1 Å². The Morgan fingerprint density at radius 1 is 1.10 bits per heavy atom. The number of carbonyl (C=O) groups excluding carboxylic acids is 1. The van der Waals surface area contributed by atoms with Crippen LogP contribution in [0.1, 0.15) is 40.2 Å². The maximum atomic E-state index is 14.7. The van der Waals surface area contributed by atoms with Crippen molar-refractivity contribution in [1.82, 2.24) is 24.5 Å². The maximum Gasteiger partial charge on any atom is 0.257 e. The van der Waals surface area contributed by atoms with Crippen LogP contribution in [0.2, 0.25) is 0 Å². The van der Waals surface area contributed by atoms with Crippen molar-refractivity contribution < 1.29 is 22.4 Å². The molecule has 1 saturated carbocycles. The molecule has 5 rings (SSSR count). The van der Waals surface area contributed by atoms with Gasteiger partial charge in [0.05, 0.1) is 23.5 Å². The zero-order chi connectivity index (χ0) is 22.1. The number of benzene rings is 1. The van der Waals surface area contributed by atoms with Crippen LogP contribution in [0.15, 0.2) is 18.3 Å². The minimum Gasteiger partial charge on any atom is -0.332 e. The van der Waals surface area contributed by atoms with Crippen LogP contribution in [0.3, 0.4) is 0 Å². The first-order valence-corrected chi connectivity index (χ1v) is 9.90. The Kier molecular flexibility index (Phi) is 4.25. The average molecular weight is 433 g/mol. The molecule has 3 aromatic rings. The SMILES string of the molecule is Cn1cc(C(=O)N2CCc3c(nn(C)c3-c3cc(F)c(F)c(F)c3)C2)c(C2(F)CC2)n1. The van der Waals surface area contributed by atoms with Gasteiger partial charge in [0, 0.05) is 38.0 Å². The van der Waals surface area contributed by atoms with E-state index in [0.717, 1.165) is 17.7 Å². The molecule has 1 aromatic carbocycles. The Morgan fingerprint density at radius 2 is 1.77 bits per heavy atom. The maximum absolute atomic E-state index is 14.7. The Morgan fingerprint density at radius 3 is 2.42 bits per heavy atom. The third kappa shape index (κ3) is 3.12. The van der Waals surface area contributed by atoms with Crippen LogP contribution in [0, 0.1) is 17.5 Å². The van der Waals surface area contributed by atoms with Gasteiger partial charge in [-0.25, -0.2) is 17.6 Å². The van der Waals surface area contributed by atoms with Gasteiger partial charge in [0.1, 0.15) is 5.69 Å². The van der Waals surface area contributed by atoms with Crippen molar-refractivity contribution in [2.75, 3.05) is 6.54 Å². The van der Waals surface area contributed by atoms with E-state index in [2.05, 4.69) is 10.2 Å². The van der Waals surface area contributed by atoms with E-state index in [-0.39, 0.29) is 29.3 Å². The molecule has 3 heterocycles. The third-order valence-electron chi connectivity index (χ3n) is 5.92. The second-order valence-corrected chi connectivity index (χ2v) is 8.16. The number of carbonyl (C=O) groups is 1. The molecule has 0 spiro atoms. The summed E-state index contributed by atoms with van der Waals surface area (Å²) >= 11 is 0. The molecule has 0 saturated heterocycles. The number of aromatic nitrogens is 4. The van der Waals surface area contributed by atoms with Gasteiger partial charge in [-0.15, -0.1) is 0 Å². The minimum atomic E-state index is -1.54. The van der Waals surface area contributed by atoms with Crippen LogP contribution < -0.4 is 0 Å². The zero-order valence-corrected chi connectivity index (χ0v) is 16.9. The third-order valence-corrected chi connectivity index (χ3v) is 5.92. The van der Waals surface area contributed by atoms with Crippen LogP contribution in [-0.2, 0) is 32.7 Å². The average Bonchev–Trinajstić information content (AvgIpc) is 3.20. The highest BCUT2D eigenvalue weighted by atomic mass is 19.2. The molecule has 6 nitrogen and oxygen atoms in total. The quantitative estimate of drug-likeness (QED) is 0.470. The fourth-order valence-corrected chi connectivity index (χ4v) is 4.24. The molecular formula is C21H19F4N5O. The van der Waals surface area contributed by atoms with Crippen molar-refractivity contribution >= 4 is 5.91 Å². The van der Waals surface area contributed by atoms with Crippen LogP contribution in [0.4, 0.5) is 17.6 Å². The van der Waals surface area contributed by atoms with E-state index >= 15 is 0 Å². The van der Waals surface area contributed by atoms with Gasteiger partial charge in [-0.3, -0.25) is 14.2 Å². The van der Waals surface area contributed by atoms with Gasteiger partial charge in [-0.1, -0.05) is 0 Å². The van der Waals surface area contributed by atoms with Gasteiger partial charge >= 0.3 is 0 Å². The number of alkyl halides is 1. The number of aryl methyl sites for hydroxylation is 2. The molecule has 0 N–H and O–H groups in total. The molecule has 31 heavy (non-hydrogen) atoms. The number of halogens is 4. The first-order valence-electron chi connectivity index (χ1n) is 9.90. The lowest BCUT2D eigenvalue weighted by atomic mass is 9.99. The fraction of sp³-hybridized carbons (Fsp3) is 0.381. The second-order valence-electron chi connectivity index (χ2n) is 8.16. The van der Waals surface area contributed by atoms with Crippen molar-refractivity contribution in [3.05, 3.63) is 58.3 Å². The number of fused-ring (bicyclic) bond motifs is 1. The molecule has 1 amide bonds. The Balaban J connectivity index is 1.47. The predicted octanol–water partition coefficient (Wildman–Crippen LogP) is 3.40. The summed E-state index contributed by atoms with van der Waals surface area (Å²) in [5.41, 5.74) is 0.844. The van der Waals surface area contributed by atoms with Gasteiger partial charge in [-0.2, -0.15) is 10.2 Å². The van der Waals surface area contributed by atoms with Crippen LogP contribution in [0.5, 0.6) is 0 Å². The van der Waals surface area contributed by atoms with Gasteiger partial charge in [-0.05, 0) is 31.4 Å². The van der Waals surface area contributed by atoms with Gasteiger partial charge in [0.2, 0.25) is 0 Å². The number of amides is 1. The highest BCUT2D eigenvalue weighted by molar-refractivity contribution is 5.95. The van der Waals surface area contributed by atoms with Crippen molar-refractivity contribution in [2.24, 2.45) is 14.1 Å². The summed E-state index contributed by atoms with van der Waals surface area (Å²) in [6, 6.07) is 1.87. The Bertz CT molecular complexity index is 1200. The number of hydrogen-bond donors (Lipinski definition) is 0. The first kappa shape index (κ1) is 19.8. The van der Waals surface area contributed by atoms with E-state index in [4.69, 9.17) is 0 Å². The molecule has 0 bridgehead atoms. The van der Waals surface area contributed by atoms with Crippen molar-refractivity contribution in [2.45, 2.75) is 31.5 Å². The van der Waals surface area contributed by atoms with Crippen molar-refractivity contribution in [3.8, 4) is 11.3 Å². The number of hydrogen-bond acceptors (Lipinski definition) is 3. The summed E-state index contributed by atoms with van der Waals surface area (Å²) in [7, 11) is 3.27. The zero-order valence-electron chi connectivity index (χ0n) is 16.9.